The number of nitrogens with one attached hydrogen (secondary N) is 2. The van der Waals surface area contributed by atoms with Gasteiger partial charge in [-0.2, -0.15) is 5.26 Å². The van der Waals surface area contributed by atoms with Crippen LogP contribution in [0.1, 0.15) is 11.1 Å². The fourth-order valence-electron chi connectivity index (χ4n) is 1.71. The molecule has 0 fully saturated rings. The van der Waals surface area contributed by atoms with Crippen LogP contribution in [0.3, 0.4) is 0 Å². The zero-order valence-electron chi connectivity index (χ0n) is 10.9. The minimum Gasteiger partial charge on any atom is -0.289 e. The van der Waals surface area contributed by atoms with Gasteiger partial charge in [0.1, 0.15) is 11.6 Å². The van der Waals surface area contributed by atoms with Crippen LogP contribution >= 0.6 is 11.8 Å². The highest BCUT2D eigenvalue weighted by atomic mass is 32.2. The third kappa shape index (κ3) is 2.60. The van der Waals surface area contributed by atoms with Crippen molar-refractivity contribution in [3.8, 4) is 6.07 Å². The van der Waals surface area contributed by atoms with Crippen molar-refractivity contribution in [2.24, 2.45) is 0 Å². The van der Waals surface area contributed by atoms with E-state index in [0.29, 0.717) is 0 Å². The van der Waals surface area contributed by atoms with E-state index in [1.54, 1.807) is 6.07 Å². The second kappa shape index (κ2) is 5.67. The molecule has 1 aromatic carbocycles. The molecule has 0 unspecified atom stereocenters. The lowest BCUT2D eigenvalue weighted by atomic mass is 10.2. The molecule has 0 bridgehead atoms. The number of H-pyrrole nitrogens is 1. The molecule has 102 valence electrons. The Morgan fingerprint density at radius 3 is 2.80 bits per heavy atom. The van der Waals surface area contributed by atoms with Gasteiger partial charge in [0.2, 0.25) is 0 Å². The number of hydrogen-bond acceptors (Lipinski definition) is 5. The maximum absolute atomic E-state index is 11.8. The molecule has 20 heavy (non-hydrogen) atoms. The van der Waals surface area contributed by atoms with Crippen molar-refractivity contribution in [3.05, 3.63) is 56.4 Å². The van der Waals surface area contributed by atoms with Crippen LogP contribution in [0.4, 0.5) is 5.69 Å². The summed E-state index contributed by atoms with van der Waals surface area (Å²) in [5.41, 5.74) is 3.20. The minimum absolute atomic E-state index is 0.128. The van der Waals surface area contributed by atoms with Crippen LogP contribution in [0.15, 0.2) is 38.9 Å². The molecule has 0 atom stereocenters. The van der Waals surface area contributed by atoms with E-state index in [0.717, 1.165) is 20.8 Å². The number of aryl methyl sites for hydroxylation is 1. The average Bonchev–Trinajstić information content (AvgIpc) is 2.43. The summed E-state index contributed by atoms with van der Waals surface area (Å²) in [5.74, 6) is 0. The van der Waals surface area contributed by atoms with Crippen LogP contribution in [-0.2, 0) is 0 Å². The Bertz CT molecular complexity index is 801. The van der Waals surface area contributed by atoms with Crippen LogP contribution in [-0.4, -0.2) is 15.9 Å². The smallest absolute Gasteiger partial charge is 0.289 e. The topological polar surface area (TPSA) is 90.7 Å². The molecule has 1 aromatic heterocycles. The average molecular weight is 288 g/mol. The maximum atomic E-state index is 11.8. The van der Waals surface area contributed by atoms with Gasteiger partial charge >= 0.3 is 5.69 Å². The first-order valence-corrected chi connectivity index (χ1v) is 6.96. The third-order valence-electron chi connectivity index (χ3n) is 2.75. The van der Waals surface area contributed by atoms with Gasteiger partial charge in [-0.3, -0.25) is 15.2 Å². The molecule has 0 spiro atoms. The number of para-hydroxylation sites is 1. The molecule has 0 aliphatic rings. The number of hydrogen-bond donors (Lipinski definition) is 2. The standard InChI is InChI=1S/C13H12N4O2S/c1-8-4-3-5-10(20-2)11(8)16-17-7-9(6-14)12(18)15-13(17)19/h3-5,7,16H,1-2H3,(H,15,18,19). The summed E-state index contributed by atoms with van der Waals surface area (Å²) in [6, 6.07) is 7.49. The van der Waals surface area contributed by atoms with Gasteiger partial charge < -0.3 is 0 Å². The number of nitriles is 1. The number of anilines is 1. The van der Waals surface area contributed by atoms with Gasteiger partial charge in [0.25, 0.3) is 5.56 Å². The van der Waals surface area contributed by atoms with Crippen molar-refractivity contribution in [1.29, 1.82) is 5.26 Å². The zero-order chi connectivity index (χ0) is 14.7. The predicted molar refractivity (Wildman–Crippen MR) is 78.0 cm³/mol. The molecular formula is C13H12N4O2S. The Morgan fingerprint density at radius 1 is 1.40 bits per heavy atom. The van der Waals surface area contributed by atoms with Gasteiger partial charge in [0.05, 0.1) is 11.9 Å². The number of rotatable bonds is 3. The number of nitrogens with zero attached hydrogens (tertiary/aromatic N) is 2. The van der Waals surface area contributed by atoms with Crippen LogP contribution in [0, 0.1) is 18.3 Å². The van der Waals surface area contributed by atoms with Gasteiger partial charge in [0, 0.05) is 4.90 Å². The van der Waals surface area contributed by atoms with Gasteiger partial charge in [0.15, 0.2) is 0 Å². The summed E-state index contributed by atoms with van der Waals surface area (Å²) >= 11 is 1.53. The highest BCUT2D eigenvalue weighted by molar-refractivity contribution is 7.98. The molecule has 7 heteroatoms. The lowest BCUT2D eigenvalue weighted by Crippen LogP contribution is -2.34. The first-order chi connectivity index (χ1) is 9.56. The minimum atomic E-state index is -0.689. The molecule has 6 nitrogen and oxygen atoms in total. The van der Waals surface area contributed by atoms with Gasteiger partial charge in [-0.15, -0.1) is 11.8 Å². The number of aromatic amines is 1. The van der Waals surface area contributed by atoms with Crippen molar-refractivity contribution in [2.75, 3.05) is 11.7 Å². The molecule has 2 N–H and O–H groups in total. The van der Waals surface area contributed by atoms with E-state index in [1.807, 2.05) is 31.4 Å². The van der Waals surface area contributed by atoms with Crippen molar-refractivity contribution < 1.29 is 0 Å². The van der Waals surface area contributed by atoms with E-state index in [-0.39, 0.29) is 5.56 Å². The van der Waals surface area contributed by atoms with Crippen molar-refractivity contribution in [2.45, 2.75) is 11.8 Å². The molecule has 0 amide bonds. The fraction of sp³-hybridized carbons (Fsp3) is 0.154. The van der Waals surface area contributed by atoms with E-state index >= 15 is 0 Å². The summed E-state index contributed by atoms with van der Waals surface area (Å²) in [4.78, 5) is 26.2. The summed E-state index contributed by atoms with van der Waals surface area (Å²) in [6.45, 7) is 1.91. The summed E-state index contributed by atoms with van der Waals surface area (Å²) in [5, 5.41) is 8.84. The molecule has 2 aromatic rings. The molecule has 0 radical (unpaired) electrons. The maximum Gasteiger partial charge on any atom is 0.347 e. The molecule has 0 aliphatic heterocycles. The van der Waals surface area contributed by atoms with Crippen molar-refractivity contribution in [1.82, 2.24) is 9.66 Å². The van der Waals surface area contributed by atoms with Gasteiger partial charge in [-0.05, 0) is 24.8 Å². The lowest BCUT2D eigenvalue weighted by molar-refractivity contribution is 0.820. The highest BCUT2D eigenvalue weighted by Crippen LogP contribution is 2.28. The SMILES string of the molecule is CSc1cccc(C)c1Nn1cc(C#N)c(=O)[nH]c1=O. The van der Waals surface area contributed by atoms with E-state index in [2.05, 4.69) is 10.4 Å². The monoisotopic (exact) mass is 288 g/mol. The molecule has 0 saturated heterocycles. The van der Waals surface area contributed by atoms with Gasteiger partial charge in [-0.1, -0.05) is 12.1 Å². The Hall–Kier alpha value is -2.46. The molecular weight excluding hydrogens is 276 g/mol. The fourth-order valence-corrected chi connectivity index (χ4v) is 2.33. The quantitative estimate of drug-likeness (QED) is 0.831. The zero-order valence-corrected chi connectivity index (χ0v) is 11.7. The normalized spacial score (nSPS) is 10.1. The van der Waals surface area contributed by atoms with Crippen LogP contribution in [0.2, 0.25) is 0 Å². The largest absolute Gasteiger partial charge is 0.347 e. The van der Waals surface area contributed by atoms with Crippen molar-refractivity contribution in [3.63, 3.8) is 0 Å². The lowest BCUT2D eigenvalue weighted by Gasteiger charge is -2.14. The van der Waals surface area contributed by atoms with E-state index in [1.165, 1.54) is 18.0 Å². The van der Waals surface area contributed by atoms with E-state index in [9.17, 15) is 9.59 Å². The Labute approximate surface area is 119 Å². The second-order valence-corrected chi connectivity index (χ2v) is 4.90. The molecule has 2 rings (SSSR count). The Morgan fingerprint density at radius 2 is 2.15 bits per heavy atom. The number of benzene rings is 1. The molecule has 0 aliphatic carbocycles. The first kappa shape index (κ1) is 14.0. The summed E-state index contributed by atoms with van der Waals surface area (Å²) in [6.07, 6.45) is 3.12. The molecule has 1 heterocycles. The van der Waals surface area contributed by atoms with Crippen LogP contribution in [0.25, 0.3) is 0 Å². The van der Waals surface area contributed by atoms with Crippen LogP contribution < -0.4 is 16.7 Å². The second-order valence-electron chi connectivity index (χ2n) is 4.05. The van der Waals surface area contributed by atoms with E-state index in [4.69, 9.17) is 5.26 Å². The number of aromatic nitrogens is 2. The Balaban J connectivity index is 2.54. The molecule has 0 saturated carbocycles. The van der Waals surface area contributed by atoms with E-state index < -0.39 is 11.2 Å². The summed E-state index contributed by atoms with van der Waals surface area (Å²) < 4.78 is 1.10. The Kier molecular flexibility index (Phi) is 3.96. The first-order valence-electron chi connectivity index (χ1n) is 5.73. The summed E-state index contributed by atoms with van der Waals surface area (Å²) in [7, 11) is 0. The third-order valence-corrected chi connectivity index (χ3v) is 3.53. The van der Waals surface area contributed by atoms with Crippen LogP contribution in [0.5, 0.6) is 0 Å². The van der Waals surface area contributed by atoms with Gasteiger partial charge in [-0.25, -0.2) is 9.47 Å². The predicted octanol–water partition coefficient (Wildman–Crippen LogP) is 1.31. The highest BCUT2D eigenvalue weighted by Gasteiger charge is 2.08. The van der Waals surface area contributed by atoms with Crippen molar-refractivity contribution >= 4 is 17.4 Å². The number of thioether (sulfide) groups is 1.